The van der Waals surface area contributed by atoms with Crippen molar-refractivity contribution < 1.29 is 8.42 Å². The molecule has 4 aromatic rings. The summed E-state index contributed by atoms with van der Waals surface area (Å²) in [5, 5.41) is 5.96. The number of nitrogens with one attached hydrogen (secondary N) is 2. The van der Waals surface area contributed by atoms with Crippen molar-refractivity contribution in [2.45, 2.75) is 4.90 Å². The van der Waals surface area contributed by atoms with Gasteiger partial charge in [0.05, 0.1) is 10.6 Å². The first-order valence-corrected chi connectivity index (χ1v) is 10.8. The number of sulfonamides is 1. The molecule has 0 bridgehead atoms. The molecule has 140 valence electrons. The van der Waals surface area contributed by atoms with E-state index >= 15 is 0 Å². The Labute approximate surface area is 167 Å². The molecule has 2 aromatic carbocycles. The summed E-state index contributed by atoms with van der Waals surface area (Å²) >= 11 is 1.50. The Bertz CT molecular complexity index is 1160. The van der Waals surface area contributed by atoms with Crippen molar-refractivity contribution in [3.63, 3.8) is 0 Å². The molecule has 8 heteroatoms. The highest BCUT2D eigenvalue weighted by Gasteiger charge is 2.13. The number of anilines is 3. The van der Waals surface area contributed by atoms with Gasteiger partial charge in [0.15, 0.2) is 5.13 Å². The quantitative estimate of drug-likeness (QED) is 0.481. The summed E-state index contributed by atoms with van der Waals surface area (Å²) in [4.78, 5) is 8.80. The Morgan fingerprint density at radius 2 is 1.50 bits per heavy atom. The molecular weight excluding hydrogens is 392 g/mol. The van der Waals surface area contributed by atoms with Gasteiger partial charge in [0.1, 0.15) is 0 Å². The molecule has 4 rings (SSSR count). The van der Waals surface area contributed by atoms with Gasteiger partial charge < -0.3 is 5.32 Å². The van der Waals surface area contributed by atoms with E-state index in [9.17, 15) is 8.42 Å². The highest BCUT2D eigenvalue weighted by molar-refractivity contribution is 7.92. The number of nitrogens with zero attached hydrogens (tertiary/aromatic N) is 2. The van der Waals surface area contributed by atoms with Crippen LogP contribution in [0.2, 0.25) is 0 Å². The van der Waals surface area contributed by atoms with Crippen LogP contribution in [0, 0.1) is 0 Å². The lowest BCUT2D eigenvalue weighted by atomic mass is 10.2. The number of thiazole rings is 1. The van der Waals surface area contributed by atoms with Gasteiger partial charge >= 0.3 is 0 Å². The normalized spacial score (nSPS) is 11.1. The summed E-state index contributed by atoms with van der Waals surface area (Å²) in [5.74, 6) is 0. The fraction of sp³-hybridized carbons (Fsp3) is 0. The number of hydrogen-bond donors (Lipinski definition) is 2. The molecule has 0 amide bonds. The number of hydrogen-bond acceptors (Lipinski definition) is 6. The third-order valence-corrected chi connectivity index (χ3v) is 6.08. The van der Waals surface area contributed by atoms with Crippen molar-refractivity contribution in [2.75, 3.05) is 10.0 Å². The first-order valence-electron chi connectivity index (χ1n) is 8.41. The van der Waals surface area contributed by atoms with E-state index in [4.69, 9.17) is 0 Å². The molecule has 0 aliphatic heterocycles. The summed E-state index contributed by atoms with van der Waals surface area (Å²) in [6.45, 7) is 0. The predicted molar refractivity (Wildman–Crippen MR) is 112 cm³/mol. The van der Waals surface area contributed by atoms with E-state index < -0.39 is 10.0 Å². The molecule has 0 spiro atoms. The van der Waals surface area contributed by atoms with Crippen LogP contribution in [0.15, 0.2) is 89.4 Å². The molecule has 0 aliphatic rings. The van der Waals surface area contributed by atoms with Crippen molar-refractivity contribution in [1.82, 2.24) is 9.97 Å². The van der Waals surface area contributed by atoms with E-state index in [0.717, 1.165) is 22.1 Å². The van der Waals surface area contributed by atoms with E-state index in [0.29, 0.717) is 5.69 Å². The minimum Gasteiger partial charge on any atom is -0.332 e. The van der Waals surface area contributed by atoms with Crippen molar-refractivity contribution in [2.24, 2.45) is 0 Å². The fourth-order valence-electron chi connectivity index (χ4n) is 2.55. The molecule has 0 atom stereocenters. The maximum Gasteiger partial charge on any atom is 0.261 e. The largest absolute Gasteiger partial charge is 0.332 e. The molecule has 0 radical (unpaired) electrons. The predicted octanol–water partition coefficient (Wildman–Crippen LogP) is 4.75. The summed E-state index contributed by atoms with van der Waals surface area (Å²) < 4.78 is 27.3. The lowest BCUT2D eigenvalue weighted by molar-refractivity contribution is 0.601. The Kier molecular flexibility index (Phi) is 5.05. The van der Waals surface area contributed by atoms with Crippen molar-refractivity contribution in [1.29, 1.82) is 0 Å². The van der Waals surface area contributed by atoms with E-state index in [2.05, 4.69) is 20.0 Å². The van der Waals surface area contributed by atoms with Gasteiger partial charge in [-0.3, -0.25) is 9.71 Å². The van der Waals surface area contributed by atoms with Gasteiger partial charge in [0.2, 0.25) is 0 Å². The van der Waals surface area contributed by atoms with Crippen LogP contribution in [0.1, 0.15) is 0 Å². The first-order chi connectivity index (χ1) is 13.6. The molecule has 0 saturated carbocycles. The Morgan fingerprint density at radius 3 is 2.21 bits per heavy atom. The number of benzene rings is 2. The molecule has 6 nitrogen and oxygen atoms in total. The van der Waals surface area contributed by atoms with E-state index in [1.54, 1.807) is 67.0 Å². The van der Waals surface area contributed by atoms with Crippen LogP contribution >= 0.6 is 11.3 Å². The highest BCUT2D eigenvalue weighted by Crippen LogP contribution is 2.27. The number of pyridine rings is 1. The maximum absolute atomic E-state index is 12.4. The molecule has 0 aliphatic carbocycles. The van der Waals surface area contributed by atoms with Gasteiger partial charge in [-0.2, -0.15) is 0 Å². The van der Waals surface area contributed by atoms with Crippen molar-refractivity contribution >= 4 is 37.9 Å². The SMILES string of the molecule is O=S(=O)(Nc1ccc(Nc2nc(-c3ccncc3)cs2)cc1)c1ccccc1. The standard InChI is InChI=1S/C20H16N4O2S2/c25-28(26,18-4-2-1-3-5-18)24-17-8-6-16(7-9-17)22-20-23-19(14-27-20)15-10-12-21-13-11-15/h1-14,24H,(H,22,23). The smallest absolute Gasteiger partial charge is 0.261 e. The van der Waals surface area contributed by atoms with E-state index in [1.165, 1.54) is 11.3 Å². The Balaban J connectivity index is 1.45. The molecule has 2 N–H and O–H groups in total. The summed E-state index contributed by atoms with van der Waals surface area (Å²) in [5.41, 5.74) is 3.19. The van der Waals surface area contributed by atoms with Gasteiger partial charge in [-0.05, 0) is 48.5 Å². The van der Waals surface area contributed by atoms with Crippen LogP contribution in [-0.4, -0.2) is 18.4 Å². The van der Waals surface area contributed by atoms with Gasteiger partial charge in [-0.1, -0.05) is 18.2 Å². The monoisotopic (exact) mass is 408 g/mol. The van der Waals surface area contributed by atoms with Gasteiger partial charge in [-0.25, -0.2) is 13.4 Å². The minimum atomic E-state index is -3.60. The molecule has 0 saturated heterocycles. The number of aromatic nitrogens is 2. The second-order valence-electron chi connectivity index (χ2n) is 5.89. The topological polar surface area (TPSA) is 84.0 Å². The number of rotatable bonds is 6. The van der Waals surface area contributed by atoms with Crippen LogP contribution in [0.5, 0.6) is 0 Å². The Hall–Kier alpha value is -3.23. The van der Waals surface area contributed by atoms with Crippen LogP contribution < -0.4 is 10.0 Å². The minimum absolute atomic E-state index is 0.226. The second-order valence-corrected chi connectivity index (χ2v) is 8.44. The maximum atomic E-state index is 12.4. The first kappa shape index (κ1) is 18.1. The van der Waals surface area contributed by atoms with Gasteiger partial charge in [0, 0.05) is 34.7 Å². The van der Waals surface area contributed by atoms with Crippen LogP contribution in [-0.2, 0) is 10.0 Å². The molecular formula is C20H16N4O2S2. The van der Waals surface area contributed by atoms with E-state index in [1.807, 2.05) is 17.5 Å². The molecule has 0 fully saturated rings. The highest BCUT2D eigenvalue weighted by atomic mass is 32.2. The Morgan fingerprint density at radius 1 is 0.821 bits per heavy atom. The summed E-state index contributed by atoms with van der Waals surface area (Å²) in [6, 6.07) is 19.1. The molecule has 28 heavy (non-hydrogen) atoms. The summed E-state index contributed by atoms with van der Waals surface area (Å²) in [7, 11) is -3.60. The summed E-state index contributed by atoms with van der Waals surface area (Å²) in [6.07, 6.45) is 3.47. The van der Waals surface area contributed by atoms with Crippen LogP contribution in [0.25, 0.3) is 11.3 Å². The van der Waals surface area contributed by atoms with E-state index in [-0.39, 0.29) is 4.90 Å². The third-order valence-electron chi connectivity index (χ3n) is 3.92. The van der Waals surface area contributed by atoms with Crippen LogP contribution in [0.4, 0.5) is 16.5 Å². The lowest BCUT2D eigenvalue weighted by Gasteiger charge is -2.09. The van der Waals surface area contributed by atoms with Crippen LogP contribution in [0.3, 0.4) is 0 Å². The van der Waals surface area contributed by atoms with Gasteiger partial charge in [0.25, 0.3) is 10.0 Å². The third kappa shape index (κ3) is 4.19. The zero-order valence-corrected chi connectivity index (χ0v) is 16.2. The fourth-order valence-corrected chi connectivity index (χ4v) is 4.36. The van der Waals surface area contributed by atoms with Crippen molar-refractivity contribution in [3.05, 3.63) is 84.5 Å². The van der Waals surface area contributed by atoms with Crippen molar-refractivity contribution in [3.8, 4) is 11.3 Å². The lowest BCUT2D eigenvalue weighted by Crippen LogP contribution is -2.12. The average molecular weight is 409 g/mol. The molecule has 2 aromatic heterocycles. The van der Waals surface area contributed by atoms with Gasteiger partial charge in [-0.15, -0.1) is 11.3 Å². The second kappa shape index (κ2) is 7.79. The zero-order chi connectivity index (χ0) is 19.4. The molecule has 0 unspecified atom stereocenters. The average Bonchev–Trinajstić information content (AvgIpc) is 3.19. The zero-order valence-electron chi connectivity index (χ0n) is 14.6. The molecule has 2 heterocycles.